The van der Waals surface area contributed by atoms with Gasteiger partial charge in [0.05, 0.1) is 0 Å². The topological polar surface area (TPSA) is 70.9 Å². The quantitative estimate of drug-likeness (QED) is 0.771. The molecule has 4 N–H and O–H groups in total. The summed E-state index contributed by atoms with van der Waals surface area (Å²) >= 11 is 0. The number of carbonyl (C=O) groups is 1. The molecule has 1 saturated carbocycles. The average Bonchev–Trinajstić information content (AvgIpc) is 2.88. The second-order valence-electron chi connectivity index (χ2n) is 5.36. The largest absolute Gasteiger partial charge is 0.361 e. The number of aromatic nitrogens is 1. The summed E-state index contributed by atoms with van der Waals surface area (Å²) in [6.07, 6.45) is 5.85. The Balaban J connectivity index is 1.69. The minimum absolute atomic E-state index is 0.0111. The third-order valence-electron chi connectivity index (χ3n) is 3.92. The number of nitrogens with two attached hydrogens (primary N) is 1. The van der Waals surface area contributed by atoms with Crippen molar-refractivity contribution in [3.63, 3.8) is 0 Å². The molecule has 0 saturated heterocycles. The van der Waals surface area contributed by atoms with Gasteiger partial charge in [0, 0.05) is 29.4 Å². The van der Waals surface area contributed by atoms with E-state index in [1.807, 2.05) is 30.5 Å². The van der Waals surface area contributed by atoms with Gasteiger partial charge in [-0.05, 0) is 49.3 Å². The van der Waals surface area contributed by atoms with Gasteiger partial charge in [0.1, 0.15) is 0 Å². The van der Waals surface area contributed by atoms with Crippen LogP contribution in [0, 0.1) is 0 Å². The fourth-order valence-corrected chi connectivity index (χ4v) is 2.72. The van der Waals surface area contributed by atoms with Gasteiger partial charge in [0.15, 0.2) is 0 Å². The molecule has 1 aromatic carbocycles. The molecule has 0 bridgehead atoms. The molecule has 0 spiro atoms. The normalized spacial score (nSPS) is 23.4. The second-order valence-corrected chi connectivity index (χ2v) is 5.36. The summed E-state index contributed by atoms with van der Waals surface area (Å²) < 4.78 is 0. The van der Waals surface area contributed by atoms with Gasteiger partial charge < -0.3 is 16.0 Å². The zero-order valence-electron chi connectivity index (χ0n) is 10.9. The van der Waals surface area contributed by atoms with E-state index in [1.165, 1.54) is 0 Å². The van der Waals surface area contributed by atoms with Gasteiger partial charge in [-0.1, -0.05) is 6.07 Å². The maximum absolute atomic E-state index is 12.2. The maximum atomic E-state index is 12.2. The number of fused-ring (bicyclic) bond motifs is 1. The van der Waals surface area contributed by atoms with E-state index in [4.69, 9.17) is 5.73 Å². The number of nitrogens with one attached hydrogen (secondary N) is 2. The zero-order chi connectivity index (χ0) is 13.2. The molecule has 1 aliphatic carbocycles. The first kappa shape index (κ1) is 12.2. The van der Waals surface area contributed by atoms with Crippen molar-refractivity contribution < 1.29 is 4.79 Å². The molecule has 1 amide bonds. The lowest BCUT2D eigenvalue weighted by Crippen LogP contribution is -2.40. The van der Waals surface area contributed by atoms with Crippen molar-refractivity contribution in [3.05, 3.63) is 36.0 Å². The molecule has 100 valence electrons. The molecule has 4 heteroatoms. The number of benzene rings is 1. The Morgan fingerprint density at radius 1 is 1.21 bits per heavy atom. The van der Waals surface area contributed by atoms with Crippen LogP contribution in [0.4, 0.5) is 0 Å². The van der Waals surface area contributed by atoms with Crippen LogP contribution in [0.3, 0.4) is 0 Å². The minimum Gasteiger partial charge on any atom is -0.361 e. The van der Waals surface area contributed by atoms with Crippen LogP contribution in [-0.2, 0) is 0 Å². The average molecular weight is 257 g/mol. The van der Waals surface area contributed by atoms with Crippen molar-refractivity contribution in [1.29, 1.82) is 0 Å². The fourth-order valence-electron chi connectivity index (χ4n) is 2.72. The fraction of sp³-hybridized carbons (Fsp3) is 0.400. The second kappa shape index (κ2) is 5.05. The smallest absolute Gasteiger partial charge is 0.251 e. The summed E-state index contributed by atoms with van der Waals surface area (Å²) in [7, 11) is 0. The molecular formula is C15H19N3O. The Labute approximate surface area is 112 Å². The number of carbonyl (C=O) groups excluding carboxylic acids is 1. The summed E-state index contributed by atoms with van der Waals surface area (Å²) in [6.45, 7) is 0. The third-order valence-corrected chi connectivity index (χ3v) is 3.92. The van der Waals surface area contributed by atoms with Crippen LogP contribution in [0.5, 0.6) is 0 Å². The molecule has 19 heavy (non-hydrogen) atoms. The van der Waals surface area contributed by atoms with Crippen LogP contribution in [0.1, 0.15) is 36.0 Å². The number of rotatable bonds is 2. The van der Waals surface area contributed by atoms with E-state index in [1.54, 1.807) is 0 Å². The number of aromatic amines is 1. The molecule has 3 rings (SSSR count). The van der Waals surface area contributed by atoms with Crippen molar-refractivity contribution in [3.8, 4) is 0 Å². The molecule has 2 aromatic rings. The summed E-state index contributed by atoms with van der Waals surface area (Å²) in [5, 5.41) is 4.23. The van der Waals surface area contributed by atoms with Crippen LogP contribution in [0.25, 0.3) is 10.9 Å². The Hall–Kier alpha value is -1.81. The summed E-state index contributed by atoms with van der Waals surface area (Å²) in [4.78, 5) is 15.3. The third kappa shape index (κ3) is 2.63. The summed E-state index contributed by atoms with van der Waals surface area (Å²) in [5.41, 5.74) is 7.58. The Morgan fingerprint density at radius 2 is 2.00 bits per heavy atom. The lowest BCUT2D eigenvalue weighted by atomic mass is 9.91. The minimum atomic E-state index is 0.0111. The van der Waals surface area contributed by atoms with E-state index >= 15 is 0 Å². The van der Waals surface area contributed by atoms with E-state index in [0.29, 0.717) is 11.6 Å². The van der Waals surface area contributed by atoms with Gasteiger partial charge in [0.2, 0.25) is 0 Å². The van der Waals surface area contributed by atoms with E-state index in [9.17, 15) is 4.79 Å². The van der Waals surface area contributed by atoms with E-state index in [-0.39, 0.29) is 11.9 Å². The first-order valence-corrected chi connectivity index (χ1v) is 6.86. The molecule has 1 aromatic heterocycles. The number of hydrogen-bond donors (Lipinski definition) is 3. The van der Waals surface area contributed by atoms with Gasteiger partial charge in [-0.15, -0.1) is 0 Å². The predicted octanol–water partition coefficient (Wildman–Crippen LogP) is 2.17. The molecule has 1 heterocycles. The van der Waals surface area contributed by atoms with E-state index in [2.05, 4.69) is 10.3 Å². The molecule has 4 nitrogen and oxygen atoms in total. The predicted molar refractivity (Wildman–Crippen MR) is 76.0 cm³/mol. The first-order chi connectivity index (χ1) is 9.22. The van der Waals surface area contributed by atoms with Crippen LogP contribution in [0.15, 0.2) is 30.5 Å². The number of hydrogen-bond acceptors (Lipinski definition) is 2. The van der Waals surface area contributed by atoms with Crippen LogP contribution in [-0.4, -0.2) is 23.0 Å². The molecule has 0 aliphatic heterocycles. The van der Waals surface area contributed by atoms with Crippen molar-refractivity contribution in [2.75, 3.05) is 0 Å². The van der Waals surface area contributed by atoms with Gasteiger partial charge in [-0.2, -0.15) is 0 Å². The molecule has 0 radical (unpaired) electrons. The lowest BCUT2D eigenvalue weighted by Gasteiger charge is -2.26. The molecular weight excluding hydrogens is 238 g/mol. The SMILES string of the molecule is NC1CCC(NC(=O)c2ccc3cc[nH]c3c2)CC1. The maximum Gasteiger partial charge on any atom is 0.251 e. The summed E-state index contributed by atoms with van der Waals surface area (Å²) in [5.74, 6) is 0.0111. The van der Waals surface area contributed by atoms with Gasteiger partial charge in [-0.3, -0.25) is 4.79 Å². The van der Waals surface area contributed by atoms with E-state index < -0.39 is 0 Å². The Bertz CT molecular complexity index is 582. The molecule has 0 atom stereocenters. The van der Waals surface area contributed by atoms with Crippen LogP contribution in [0.2, 0.25) is 0 Å². The lowest BCUT2D eigenvalue weighted by molar-refractivity contribution is 0.0926. The Kier molecular flexibility index (Phi) is 3.25. The van der Waals surface area contributed by atoms with Gasteiger partial charge in [-0.25, -0.2) is 0 Å². The first-order valence-electron chi connectivity index (χ1n) is 6.86. The highest BCUT2D eigenvalue weighted by Gasteiger charge is 2.20. The highest BCUT2D eigenvalue weighted by Crippen LogP contribution is 2.18. The number of H-pyrrole nitrogens is 1. The molecule has 0 unspecified atom stereocenters. The highest BCUT2D eigenvalue weighted by atomic mass is 16.1. The van der Waals surface area contributed by atoms with Gasteiger partial charge in [0.25, 0.3) is 5.91 Å². The highest BCUT2D eigenvalue weighted by molar-refractivity contribution is 5.98. The summed E-state index contributed by atoms with van der Waals surface area (Å²) in [6, 6.07) is 8.33. The Morgan fingerprint density at radius 3 is 2.79 bits per heavy atom. The standard InChI is InChI=1S/C15H19N3O/c16-12-3-5-13(6-4-12)18-15(19)11-2-1-10-7-8-17-14(10)9-11/h1-2,7-9,12-13,17H,3-6,16H2,(H,18,19). The van der Waals surface area contributed by atoms with Crippen molar-refractivity contribution in [2.24, 2.45) is 5.73 Å². The van der Waals surface area contributed by atoms with Crippen LogP contribution >= 0.6 is 0 Å². The van der Waals surface area contributed by atoms with E-state index in [0.717, 1.165) is 36.6 Å². The van der Waals surface area contributed by atoms with Crippen LogP contribution < -0.4 is 11.1 Å². The zero-order valence-corrected chi connectivity index (χ0v) is 10.9. The monoisotopic (exact) mass is 257 g/mol. The van der Waals surface area contributed by atoms with Crippen molar-refractivity contribution >= 4 is 16.8 Å². The molecule has 1 fully saturated rings. The van der Waals surface area contributed by atoms with Crippen molar-refractivity contribution in [1.82, 2.24) is 10.3 Å². The molecule has 1 aliphatic rings. The number of amides is 1. The van der Waals surface area contributed by atoms with Crippen molar-refractivity contribution in [2.45, 2.75) is 37.8 Å². The van der Waals surface area contributed by atoms with Gasteiger partial charge >= 0.3 is 0 Å².